The monoisotopic (exact) mass is 327 g/mol. The maximum absolute atomic E-state index is 12.1. The Hall–Kier alpha value is -1.18. The molecule has 2 N–H and O–H groups in total. The molecule has 116 valence electrons. The van der Waals surface area contributed by atoms with Crippen molar-refractivity contribution in [2.45, 2.75) is 36.6 Å². The highest BCUT2D eigenvalue weighted by atomic mass is 32.2. The van der Waals surface area contributed by atoms with Gasteiger partial charge in [0.2, 0.25) is 10.0 Å². The van der Waals surface area contributed by atoms with E-state index in [0.29, 0.717) is 16.8 Å². The smallest absolute Gasteiger partial charge is 0.242 e. The molecule has 2 rings (SSSR count). The van der Waals surface area contributed by atoms with Gasteiger partial charge in [-0.3, -0.25) is 0 Å². The van der Waals surface area contributed by atoms with E-state index in [1.165, 1.54) is 31.2 Å². The van der Waals surface area contributed by atoms with E-state index in [2.05, 4.69) is 10.6 Å². The summed E-state index contributed by atoms with van der Waals surface area (Å²) in [5.74, 6) is 0. The molecule has 0 unspecified atom stereocenters. The largest absolute Gasteiger partial charge is 0.360 e. The van der Waals surface area contributed by atoms with Crippen LogP contribution in [0.2, 0.25) is 0 Å². The Morgan fingerprint density at radius 2 is 1.95 bits per heavy atom. The van der Waals surface area contributed by atoms with Gasteiger partial charge in [0.05, 0.1) is 4.90 Å². The van der Waals surface area contributed by atoms with Crippen molar-refractivity contribution in [3.05, 3.63) is 24.3 Å². The van der Waals surface area contributed by atoms with Crippen LogP contribution < -0.4 is 10.6 Å². The minimum absolute atomic E-state index is 0.251. The van der Waals surface area contributed by atoms with Crippen LogP contribution in [0.4, 0.5) is 5.69 Å². The molecule has 0 bridgehead atoms. The number of sulfonamides is 1. The van der Waals surface area contributed by atoms with Crippen molar-refractivity contribution in [2.24, 2.45) is 0 Å². The van der Waals surface area contributed by atoms with Gasteiger partial charge in [0, 0.05) is 25.8 Å². The lowest BCUT2D eigenvalue weighted by molar-refractivity contribution is 0.521. The van der Waals surface area contributed by atoms with Gasteiger partial charge in [-0.25, -0.2) is 12.7 Å². The van der Waals surface area contributed by atoms with Crippen LogP contribution in [0.15, 0.2) is 29.2 Å². The summed E-state index contributed by atoms with van der Waals surface area (Å²) in [6, 6.07) is 7.11. The van der Waals surface area contributed by atoms with Crippen LogP contribution >= 0.6 is 12.2 Å². The van der Waals surface area contributed by atoms with E-state index in [0.717, 1.165) is 12.8 Å². The molecule has 1 aliphatic rings. The molecule has 1 aromatic rings. The van der Waals surface area contributed by atoms with Crippen molar-refractivity contribution in [3.63, 3.8) is 0 Å². The molecule has 0 aromatic heterocycles. The lowest BCUT2D eigenvalue weighted by Gasteiger charge is -2.17. The van der Waals surface area contributed by atoms with Crippen LogP contribution in [0.1, 0.15) is 25.7 Å². The minimum atomic E-state index is -3.43. The van der Waals surface area contributed by atoms with E-state index in [1.807, 2.05) is 0 Å². The lowest BCUT2D eigenvalue weighted by atomic mass is 10.2. The standard InChI is InChI=1S/C14H21N3O2S2/c1-17(2)21(18,19)13-9-5-8-12(10-13)16-14(20)15-11-6-3-4-7-11/h5,8-11H,3-4,6-7H2,1-2H3,(H2,15,16,20). The number of anilines is 1. The highest BCUT2D eigenvalue weighted by molar-refractivity contribution is 7.89. The predicted octanol–water partition coefficient (Wildman–Crippen LogP) is 2.17. The molecule has 0 aliphatic heterocycles. The van der Waals surface area contributed by atoms with Crippen molar-refractivity contribution in [2.75, 3.05) is 19.4 Å². The maximum atomic E-state index is 12.1. The molecule has 21 heavy (non-hydrogen) atoms. The second kappa shape index (κ2) is 6.72. The van der Waals surface area contributed by atoms with Gasteiger partial charge in [-0.1, -0.05) is 18.9 Å². The lowest BCUT2D eigenvalue weighted by Crippen LogP contribution is -2.35. The summed E-state index contributed by atoms with van der Waals surface area (Å²) in [5.41, 5.74) is 0.674. The highest BCUT2D eigenvalue weighted by Crippen LogP contribution is 2.19. The second-order valence-electron chi connectivity index (χ2n) is 5.40. The number of hydrogen-bond acceptors (Lipinski definition) is 3. The Morgan fingerprint density at radius 1 is 1.29 bits per heavy atom. The normalized spacial score (nSPS) is 16.1. The molecule has 5 nitrogen and oxygen atoms in total. The topological polar surface area (TPSA) is 61.4 Å². The van der Waals surface area contributed by atoms with Gasteiger partial charge in [-0.15, -0.1) is 0 Å². The van der Waals surface area contributed by atoms with Gasteiger partial charge in [0.25, 0.3) is 0 Å². The fourth-order valence-electron chi connectivity index (χ4n) is 2.37. The van der Waals surface area contributed by atoms with Crippen molar-refractivity contribution in [1.82, 2.24) is 9.62 Å². The second-order valence-corrected chi connectivity index (χ2v) is 7.96. The molecule has 0 spiro atoms. The fraction of sp³-hybridized carbons (Fsp3) is 0.500. The Kier molecular flexibility index (Phi) is 5.18. The van der Waals surface area contributed by atoms with Crippen LogP contribution in [0, 0.1) is 0 Å². The Labute approximate surface area is 131 Å². The maximum Gasteiger partial charge on any atom is 0.242 e. The molecule has 0 amide bonds. The van der Waals surface area contributed by atoms with Gasteiger partial charge in [-0.2, -0.15) is 0 Å². The van der Waals surface area contributed by atoms with Crippen molar-refractivity contribution in [3.8, 4) is 0 Å². The molecule has 1 aliphatic carbocycles. The van der Waals surface area contributed by atoms with Gasteiger partial charge in [-0.05, 0) is 43.3 Å². The molecule has 1 aromatic carbocycles. The first kappa shape index (κ1) is 16.2. The first-order valence-electron chi connectivity index (χ1n) is 7.00. The van der Waals surface area contributed by atoms with Crippen LogP contribution in [-0.2, 0) is 10.0 Å². The van der Waals surface area contributed by atoms with Gasteiger partial charge in [0.1, 0.15) is 0 Å². The first-order chi connectivity index (χ1) is 9.89. The third-order valence-electron chi connectivity index (χ3n) is 3.56. The quantitative estimate of drug-likeness (QED) is 0.830. The van der Waals surface area contributed by atoms with E-state index >= 15 is 0 Å². The number of nitrogens with zero attached hydrogens (tertiary/aromatic N) is 1. The zero-order valence-corrected chi connectivity index (χ0v) is 13.9. The zero-order chi connectivity index (χ0) is 15.5. The average Bonchev–Trinajstić information content (AvgIpc) is 2.91. The van der Waals surface area contributed by atoms with E-state index < -0.39 is 10.0 Å². The van der Waals surface area contributed by atoms with E-state index in [9.17, 15) is 8.42 Å². The Morgan fingerprint density at radius 3 is 2.57 bits per heavy atom. The summed E-state index contributed by atoms with van der Waals surface area (Å²) in [4.78, 5) is 0.251. The molecule has 7 heteroatoms. The molecule has 1 fully saturated rings. The number of benzene rings is 1. The molecule has 0 heterocycles. The number of nitrogens with one attached hydrogen (secondary N) is 2. The molecule has 0 atom stereocenters. The summed E-state index contributed by atoms with van der Waals surface area (Å²) in [7, 11) is -0.397. The summed E-state index contributed by atoms with van der Waals surface area (Å²) in [6.07, 6.45) is 4.74. The first-order valence-corrected chi connectivity index (χ1v) is 8.84. The van der Waals surface area contributed by atoms with Crippen LogP contribution in [0.5, 0.6) is 0 Å². The zero-order valence-electron chi connectivity index (χ0n) is 12.3. The van der Waals surface area contributed by atoms with E-state index in [-0.39, 0.29) is 4.90 Å². The Balaban J connectivity index is 2.05. The highest BCUT2D eigenvalue weighted by Gasteiger charge is 2.18. The molecule has 1 saturated carbocycles. The van der Waals surface area contributed by atoms with Crippen molar-refractivity contribution >= 4 is 33.0 Å². The van der Waals surface area contributed by atoms with Crippen LogP contribution in [0.3, 0.4) is 0 Å². The number of hydrogen-bond donors (Lipinski definition) is 2. The average molecular weight is 327 g/mol. The minimum Gasteiger partial charge on any atom is -0.360 e. The van der Waals surface area contributed by atoms with E-state index in [4.69, 9.17) is 12.2 Å². The summed E-state index contributed by atoms with van der Waals surface area (Å²) >= 11 is 5.28. The van der Waals surface area contributed by atoms with Crippen LogP contribution in [-0.4, -0.2) is 38.0 Å². The number of thiocarbonyl (C=S) groups is 1. The SMILES string of the molecule is CN(C)S(=O)(=O)c1cccc(NC(=S)NC2CCCC2)c1. The third kappa shape index (κ3) is 4.15. The third-order valence-corrected chi connectivity index (χ3v) is 5.59. The summed E-state index contributed by atoms with van der Waals surface area (Å²) < 4.78 is 25.4. The van der Waals surface area contributed by atoms with Crippen molar-refractivity contribution in [1.29, 1.82) is 0 Å². The van der Waals surface area contributed by atoms with E-state index in [1.54, 1.807) is 24.3 Å². The molecular formula is C14H21N3O2S2. The van der Waals surface area contributed by atoms with Gasteiger partial charge in [0.15, 0.2) is 5.11 Å². The molecule has 0 radical (unpaired) electrons. The predicted molar refractivity (Wildman–Crippen MR) is 88.9 cm³/mol. The molecular weight excluding hydrogens is 306 g/mol. The van der Waals surface area contributed by atoms with Crippen LogP contribution in [0.25, 0.3) is 0 Å². The summed E-state index contributed by atoms with van der Waals surface area (Å²) in [6.45, 7) is 0. The summed E-state index contributed by atoms with van der Waals surface area (Å²) in [5, 5.41) is 6.87. The Bertz CT molecular complexity index is 608. The van der Waals surface area contributed by atoms with Gasteiger partial charge >= 0.3 is 0 Å². The number of rotatable bonds is 4. The van der Waals surface area contributed by atoms with Gasteiger partial charge < -0.3 is 10.6 Å². The fourth-order valence-corrected chi connectivity index (χ4v) is 3.60. The van der Waals surface area contributed by atoms with Crippen molar-refractivity contribution < 1.29 is 8.42 Å². The molecule has 0 saturated heterocycles.